The van der Waals surface area contributed by atoms with Crippen molar-refractivity contribution in [1.29, 1.82) is 0 Å². The second-order valence-corrected chi connectivity index (χ2v) is 8.91. The van der Waals surface area contributed by atoms with E-state index < -0.39 is 23.9 Å². The average molecular weight is 537 g/mol. The molecule has 1 atom stereocenters. The molecule has 1 unspecified atom stereocenters. The highest BCUT2D eigenvalue weighted by molar-refractivity contribution is 6.30. The van der Waals surface area contributed by atoms with Gasteiger partial charge in [-0.05, 0) is 47.4 Å². The van der Waals surface area contributed by atoms with Crippen molar-refractivity contribution in [2.75, 3.05) is 18.4 Å². The first-order chi connectivity index (χ1) is 18.3. The van der Waals surface area contributed by atoms with E-state index in [1.165, 1.54) is 0 Å². The summed E-state index contributed by atoms with van der Waals surface area (Å²) in [6, 6.07) is 22.5. The zero-order chi connectivity index (χ0) is 27.3. The molecule has 3 aromatic rings. The molecule has 3 aromatic carbocycles. The van der Waals surface area contributed by atoms with Crippen molar-refractivity contribution in [1.82, 2.24) is 16.0 Å². The smallest absolute Gasteiger partial charge is 0.319 e. The molecule has 0 fully saturated rings. The Morgan fingerprint density at radius 1 is 0.789 bits per heavy atom. The fraction of sp³-hybridized carbons (Fsp3) is 0.214. The van der Waals surface area contributed by atoms with Gasteiger partial charge in [-0.1, -0.05) is 66.2 Å². The third-order valence-corrected chi connectivity index (χ3v) is 5.80. The number of carbonyl (C=O) groups excluding carboxylic acids is 3. The van der Waals surface area contributed by atoms with Gasteiger partial charge in [-0.2, -0.15) is 0 Å². The Kier molecular flexibility index (Phi) is 10.7. The normalized spacial score (nSPS) is 11.2. The van der Waals surface area contributed by atoms with Gasteiger partial charge in [0.15, 0.2) is 0 Å². The van der Waals surface area contributed by atoms with Crippen molar-refractivity contribution in [2.45, 2.75) is 25.3 Å². The van der Waals surface area contributed by atoms with Crippen LogP contribution in [0.5, 0.6) is 0 Å². The van der Waals surface area contributed by atoms with E-state index >= 15 is 0 Å². The lowest BCUT2D eigenvalue weighted by molar-refractivity contribution is -0.138. The molecule has 0 radical (unpaired) electrons. The molecular formula is C28H29ClN4O5. The molecule has 0 saturated carbocycles. The fourth-order valence-electron chi connectivity index (χ4n) is 3.64. The molecule has 10 heteroatoms. The minimum atomic E-state index is -1.06. The minimum Gasteiger partial charge on any atom is -0.481 e. The number of rotatable bonds is 12. The maximum absolute atomic E-state index is 12.4. The van der Waals surface area contributed by atoms with Crippen LogP contribution in [0.3, 0.4) is 0 Å². The molecule has 0 heterocycles. The largest absolute Gasteiger partial charge is 0.481 e. The number of urea groups is 1. The maximum Gasteiger partial charge on any atom is 0.319 e. The van der Waals surface area contributed by atoms with Crippen molar-refractivity contribution < 1.29 is 24.3 Å². The Balaban J connectivity index is 1.40. The molecule has 5 N–H and O–H groups in total. The molecule has 0 aliphatic rings. The van der Waals surface area contributed by atoms with Crippen LogP contribution in [0.2, 0.25) is 5.02 Å². The van der Waals surface area contributed by atoms with Crippen LogP contribution in [-0.2, 0) is 14.4 Å². The second-order valence-electron chi connectivity index (χ2n) is 8.47. The molecule has 0 spiro atoms. The molecule has 0 bridgehead atoms. The monoisotopic (exact) mass is 536 g/mol. The van der Waals surface area contributed by atoms with E-state index in [0.29, 0.717) is 22.7 Å². The lowest BCUT2D eigenvalue weighted by atomic mass is 9.99. The number of anilines is 1. The Labute approximate surface area is 225 Å². The molecule has 0 aromatic heterocycles. The standard InChI is InChI=1S/C28H29ClN4O5/c29-22-12-14-23(15-13-22)32-28(38)30-16-4-7-25(34)31-18-26(35)33-24(17-27(36)37)21-10-8-20(9-11-21)19-5-2-1-3-6-19/h1-3,5-6,8-15,24H,4,7,16-18H2,(H,31,34)(H,33,35)(H,36,37)(H2,30,32,38). The van der Waals surface area contributed by atoms with Gasteiger partial charge in [-0.25, -0.2) is 4.79 Å². The van der Waals surface area contributed by atoms with Crippen molar-refractivity contribution in [3.8, 4) is 11.1 Å². The lowest BCUT2D eigenvalue weighted by Crippen LogP contribution is -2.39. The second kappa shape index (κ2) is 14.4. The Bertz CT molecular complexity index is 1230. The highest BCUT2D eigenvalue weighted by atomic mass is 35.5. The van der Waals surface area contributed by atoms with Crippen LogP contribution in [0.15, 0.2) is 78.9 Å². The zero-order valence-electron chi connectivity index (χ0n) is 20.6. The van der Waals surface area contributed by atoms with Crippen LogP contribution in [0.25, 0.3) is 11.1 Å². The van der Waals surface area contributed by atoms with Crippen molar-refractivity contribution in [2.24, 2.45) is 0 Å². The van der Waals surface area contributed by atoms with Gasteiger partial charge in [0.25, 0.3) is 0 Å². The number of carboxylic acid groups (broad SMARTS) is 1. The van der Waals surface area contributed by atoms with Gasteiger partial charge in [-0.3, -0.25) is 14.4 Å². The maximum atomic E-state index is 12.4. The highest BCUT2D eigenvalue weighted by Gasteiger charge is 2.18. The van der Waals surface area contributed by atoms with Gasteiger partial charge in [-0.15, -0.1) is 0 Å². The number of aliphatic carboxylic acids is 1. The third-order valence-electron chi connectivity index (χ3n) is 5.55. The predicted octanol–water partition coefficient (Wildman–Crippen LogP) is 4.36. The SMILES string of the molecule is O=C(O)CC(NC(=O)CNC(=O)CCCNC(=O)Nc1ccc(Cl)cc1)c1ccc(-c2ccccc2)cc1. The van der Waals surface area contributed by atoms with Gasteiger partial charge in [0.05, 0.1) is 19.0 Å². The number of hydrogen-bond donors (Lipinski definition) is 5. The summed E-state index contributed by atoms with van der Waals surface area (Å²) in [5, 5.41) is 20.4. The number of benzene rings is 3. The number of nitrogens with one attached hydrogen (secondary N) is 4. The van der Waals surface area contributed by atoms with Crippen molar-refractivity contribution in [3.63, 3.8) is 0 Å². The minimum absolute atomic E-state index is 0.105. The summed E-state index contributed by atoms with van der Waals surface area (Å²) in [6.07, 6.45) is 0.180. The van der Waals surface area contributed by atoms with E-state index in [-0.39, 0.29) is 31.8 Å². The van der Waals surface area contributed by atoms with Crippen LogP contribution < -0.4 is 21.3 Å². The summed E-state index contributed by atoms with van der Waals surface area (Å²) in [5.74, 6) is -1.92. The van der Waals surface area contributed by atoms with Gasteiger partial charge in [0.1, 0.15) is 0 Å². The average Bonchev–Trinajstić information content (AvgIpc) is 2.91. The summed E-state index contributed by atoms with van der Waals surface area (Å²) < 4.78 is 0. The number of amides is 4. The van der Waals surface area contributed by atoms with E-state index in [2.05, 4.69) is 21.3 Å². The van der Waals surface area contributed by atoms with Crippen LogP contribution in [0.1, 0.15) is 30.9 Å². The summed E-state index contributed by atoms with van der Waals surface area (Å²) >= 11 is 5.81. The van der Waals surface area contributed by atoms with E-state index in [0.717, 1.165) is 11.1 Å². The molecule has 0 aliphatic heterocycles. The Hall–Kier alpha value is -4.37. The van der Waals surface area contributed by atoms with Crippen LogP contribution in [0, 0.1) is 0 Å². The quantitative estimate of drug-likeness (QED) is 0.219. The number of halogens is 1. The number of carboxylic acids is 1. The Morgan fingerprint density at radius 3 is 2.11 bits per heavy atom. The van der Waals surface area contributed by atoms with Crippen molar-refractivity contribution in [3.05, 3.63) is 89.4 Å². The molecule has 0 aliphatic carbocycles. The van der Waals surface area contributed by atoms with E-state index in [1.807, 2.05) is 42.5 Å². The summed E-state index contributed by atoms with van der Waals surface area (Å²) in [4.78, 5) is 47.8. The summed E-state index contributed by atoms with van der Waals surface area (Å²) in [5.41, 5.74) is 3.23. The van der Waals surface area contributed by atoms with Gasteiger partial charge in [0.2, 0.25) is 11.8 Å². The summed E-state index contributed by atoms with van der Waals surface area (Å²) in [6.45, 7) is -0.0275. The predicted molar refractivity (Wildman–Crippen MR) is 146 cm³/mol. The Morgan fingerprint density at radius 2 is 1.45 bits per heavy atom. The van der Waals surface area contributed by atoms with E-state index in [1.54, 1.807) is 36.4 Å². The fourth-order valence-corrected chi connectivity index (χ4v) is 3.76. The topological polar surface area (TPSA) is 137 Å². The third kappa shape index (κ3) is 9.59. The van der Waals surface area contributed by atoms with Gasteiger partial charge in [0, 0.05) is 23.7 Å². The van der Waals surface area contributed by atoms with Gasteiger partial charge >= 0.3 is 12.0 Å². The lowest BCUT2D eigenvalue weighted by Gasteiger charge is -2.18. The zero-order valence-corrected chi connectivity index (χ0v) is 21.3. The van der Waals surface area contributed by atoms with E-state index in [9.17, 15) is 24.3 Å². The first-order valence-corrected chi connectivity index (χ1v) is 12.4. The van der Waals surface area contributed by atoms with Gasteiger partial charge < -0.3 is 26.4 Å². The summed E-state index contributed by atoms with van der Waals surface area (Å²) in [7, 11) is 0. The van der Waals surface area contributed by atoms with Crippen LogP contribution >= 0.6 is 11.6 Å². The molecule has 198 valence electrons. The molecule has 38 heavy (non-hydrogen) atoms. The van der Waals surface area contributed by atoms with Crippen LogP contribution in [0.4, 0.5) is 10.5 Å². The molecule has 3 rings (SSSR count). The van der Waals surface area contributed by atoms with E-state index in [4.69, 9.17) is 11.6 Å². The molecule has 4 amide bonds. The number of hydrogen-bond acceptors (Lipinski definition) is 4. The first kappa shape index (κ1) is 28.2. The van der Waals surface area contributed by atoms with Crippen molar-refractivity contribution >= 4 is 41.1 Å². The van der Waals surface area contributed by atoms with Crippen LogP contribution in [-0.4, -0.2) is 42.0 Å². The molecule has 9 nitrogen and oxygen atoms in total. The number of carbonyl (C=O) groups is 4. The molecule has 0 saturated heterocycles. The highest BCUT2D eigenvalue weighted by Crippen LogP contribution is 2.23. The molecular weight excluding hydrogens is 508 g/mol. The first-order valence-electron chi connectivity index (χ1n) is 12.0.